The zero-order valence-electron chi connectivity index (χ0n) is 17.4. The van der Waals surface area contributed by atoms with Crippen molar-refractivity contribution in [2.24, 2.45) is 11.3 Å². The summed E-state index contributed by atoms with van der Waals surface area (Å²) in [5, 5.41) is 24.3. The van der Waals surface area contributed by atoms with Gasteiger partial charge in [-0.15, -0.1) is 0 Å². The second kappa shape index (κ2) is 7.13. The van der Waals surface area contributed by atoms with Crippen LogP contribution < -0.4 is 5.73 Å². The van der Waals surface area contributed by atoms with E-state index in [0.717, 1.165) is 42.0 Å². The minimum Gasteiger partial charge on any atom is -0.390 e. The molecule has 164 valence electrons. The third kappa shape index (κ3) is 2.99. The Morgan fingerprint density at radius 2 is 1.94 bits per heavy atom. The molecule has 3 atom stereocenters. The minimum absolute atomic E-state index is 0.229. The molecule has 0 bridgehead atoms. The average Bonchev–Trinajstić information content (AvgIpc) is 3.29. The van der Waals surface area contributed by atoms with E-state index < -0.39 is 12.2 Å². The summed E-state index contributed by atoms with van der Waals surface area (Å²) in [4.78, 5) is 12.8. The molecule has 2 aliphatic rings. The number of pyridine rings is 1. The maximum Gasteiger partial charge on any atom is 0.145 e. The van der Waals surface area contributed by atoms with Gasteiger partial charge in [0.2, 0.25) is 0 Å². The number of nitrogens with two attached hydrogens (primary N) is 1. The fraction of sp³-hybridized carbons (Fsp3) is 0.375. The number of aliphatic hydroxyl groups is 2. The number of fused-ring (bicyclic) bond motifs is 2. The summed E-state index contributed by atoms with van der Waals surface area (Å²) in [5.74, 6) is 0.895. The zero-order chi connectivity index (χ0) is 22.0. The molecular formula is C24H24ClN5O2. The van der Waals surface area contributed by atoms with Crippen molar-refractivity contribution in [3.05, 3.63) is 59.6 Å². The van der Waals surface area contributed by atoms with Crippen LogP contribution in [0.5, 0.6) is 0 Å². The number of anilines is 1. The summed E-state index contributed by atoms with van der Waals surface area (Å²) in [6.07, 6.45) is 6.86. The van der Waals surface area contributed by atoms with Crippen molar-refractivity contribution in [3.63, 3.8) is 0 Å². The molecule has 32 heavy (non-hydrogen) atoms. The van der Waals surface area contributed by atoms with E-state index in [1.165, 1.54) is 11.9 Å². The maximum atomic E-state index is 11.0. The SMILES string of the molecule is Nc1ncnc2c1ccn2[C@@H]1C[C@]2(C[C@H](Cc3ccc4cc(Cl)cnc4c3)C2)[C@@H](O)[C@H]1O. The van der Waals surface area contributed by atoms with Crippen LogP contribution in [0.2, 0.25) is 5.02 Å². The van der Waals surface area contributed by atoms with Crippen molar-refractivity contribution in [3.8, 4) is 0 Å². The first kappa shape index (κ1) is 19.9. The number of aromatic nitrogens is 4. The predicted molar refractivity (Wildman–Crippen MR) is 123 cm³/mol. The van der Waals surface area contributed by atoms with E-state index in [2.05, 4.69) is 33.2 Å². The summed E-state index contributed by atoms with van der Waals surface area (Å²) in [7, 11) is 0. The van der Waals surface area contributed by atoms with Crippen LogP contribution in [0.3, 0.4) is 0 Å². The van der Waals surface area contributed by atoms with E-state index in [1.54, 1.807) is 6.20 Å². The summed E-state index contributed by atoms with van der Waals surface area (Å²) >= 11 is 6.04. The van der Waals surface area contributed by atoms with Crippen LogP contribution in [0.15, 0.2) is 49.1 Å². The fourth-order valence-corrected chi connectivity index (χ4v) is 6.16. The number of benzene rings is 1. The smallest absolute Gasteiger partial charge is 0.145 e. The number of nitrogens with zero attached hydrogens (tertiary/aromatic N) is 4. The van der Waals surface area contributed by atoms with Gasteiger partial charge in [-0.05, 0) is 55.4 Å². The van der Waals surface area contributed by atoms with Gasteiger partial charge in [-0.3, -0.25) is 4.98 Å². The van der Waals surface area contributed by atoms with Crippen molar-refractivity contribution in [1.29, 1.82) is 0 Å². The highest BCUT2D eigenvalue weighted by Crippen LogP contribution is 2.60. The highest BCUT2D eigenvalue weighted by molar-refractivity contribution is 6.31. The molecule has 2 aliphatic carbocycles. The summed E-state index contributed by atoms with van der Waals surface area (Å²) in [6.45, 7) is 0. The molecular weight excluding hydrogens is 426 g/mol. The average molecular weight is 450 g/mol. The first-order valence-corrected chi connectivity index (χ1v) is 11.3. The molecule has 3 heterocycles. The van der Waals surface area contributed by atoms with Gasteiger partial charge < -0.3 is 20.5 Å². The first-order valence-electron chi connectivity index (χ1n) is 10.9. The lowest BCUT2D eigenvalue weighted by atomic mass is 9.58. The van der Waals surface area contributed by atoms with Gasteiger partial charge in [-0.25, -0.2) is 9.97 Å². The highest BCUT2D eigenvalue weighted by Gasteiger charge is 2.59. The van der Waals surface area contributed by atoms with Crippen LogP contribution in [0.25, 0.3) is 21.9 Å². The van der Waals surface area contributed by atoms with Gasteiger partial charge in [0.1, 0.15) is 23.9 Å². The Balaban J connectivity index is 1.20. The second-order valence-electron chi connectivity index (χ2n) is 9.45. The minimum atomic E-state index is -0.836. The molecule has 0 radical (unpaired) electrons. The molecule has 2 fully saturated rings. The van der Waals surface area contributed by atoms with E-state index in [9.17, 15) is 10.2 Å². The molecule has 7 nitrogen and oxygen atoms in total. The van der Waals surface area contributed by atoms with E-state index >= 15 is 0 Å². The summed E-state index contributed by atoms with van der Waals surface area (Å²) < 4.78 is 1.95. The number of rotatable bonds is 3. The van der Waals surface area contributed by atoms with Crippen molar-refractivity contribution in [1.82, 2.24) is 19.5 Å². The molecule has 4 N–H and O–H groups in total. The molecule has 4 aromatic rings. The van der Waals surface area contributed by atoms with Gasteiger partial charge in [0, 0.05) is 23.2 Å². The third-order valence-corrected chi connectivity index (χ3v) is 7.69. The Morgan fingerprint density at radius 3 is 2.78 bits per heavy atom. The van der Waals surface area contributed by atoms with Crippen LogP contribution in [0.1, 0.15) is 30.9 Å². The van der Waals surface area contributed by atoms with Crippen LogP contribution in [-0.4, -0.2) is 41.9 Å². The maximum absolute atomic E-state index is 11.0. The molecule has 0 aliphatic heterocycles. The first-order chi connectivity index (χ1) is 15.4. The Morgan fingerprint density at radius 1 is 1.09 bits per heavy atom. The van der Waals surface area contributed by atoms with Gasteiger partial charge in [0.25, 0.3) is 0 Å². The van der Waals surface area contributed by atoms with E-state index in [1.807, 2.05) is 22.9 Å². The lowest BCUT2D eigenvalue weighted by Gasteiger charge is -2.48. The van der Waals surface area contributed by atoms with Crippen LogP contribution in [-0.2, 0) is 6.42 Å². The Labute approximate surface area is 189 Å². The quantitative estimate of drug-likeness (QED) is 0.441. The number of nitrogen functional groups attached to an aromatic ring is 1. The van der Waals surface area contributed by atoms with Gasteiger partial charge in [0.15, 0.2) is 0 Å². The molecule has 1 spiro atoms. The highest BCUT2D eigenvalue weighted by atomic mass is 35.5. The van der Waals surface area contributed by atoms with Crippen molar-refractivity contribution < 1.29 is 10.2 Å². The van der Waals surface area contributed by atoms with Gasteiger partial charge in [-0.1, -0.05) is 23.7 Å². The second-order valence-corrected chi connectivity index (χ2v) is 9.88. The Bertz CT molecular complexity index is 1330. The number of halogens is 1. The fourth-order valence-electron chi connectivity index (χ4n) is 5.99. The Kier molecular flexibility index (Phi) is 4.44. The predicted octanol–water partition coefficient (Wildman–Crippen LogP) is 3.52. The Hall–Kier alpha value is -2.74. The molecule has 1 aromatic carbocycles. The van der Waals surface area contributed by atoms with Crippen molar-refractivity contribution >= 4 is 39.4 Å². The normalized spacial score (nSPS) is 29.7. The number of hydrogen-bond donors (Lipinski definition) is 3. The monoisotopic (exact) mass is 449 g/mol. The van der Waals surface area contributed by atoms with Crippen LogP contribution >= 0.6 is 11.6 Å². The topological polar surface area (TPSA) is 110 Å². The lowest BCUT2D eigenvalue weighted by Crippen LogP contribution is -2.46. The largest absolute Gasteiger partial charge is 0.390 e. The van der Waals surface area contributed by atoms with Gasteiger partial charge >= 0.3 is 0 Å². The lowest BCUT2D eigenvalue weighted by molar-refractivity contribution is -0.0841. The molecule has 2 saturated carbocycles. The van der Waals surface area contributed by atoms with E-state index in [4.69, 9.17) is 17.3 Å². The van der Waals surface area contributed by atoms with Crippen LogP contribution in [0, 0.1) is 11.3 Å². The molecule has 3 aromatic heterocycles. The van der Waals surface area contributed by atoms with Gasteiger partial charge in [0.05, 0.1) is 28.1 Å². The van der Waals surface area contributed by atoms with E-state index in [0.29, 0.717) is 22.4 Å². The standard InChI is InChI=1S/C24H24ClN5O2/c25-16-7-15-2-1-13(6-18(15)27-11-16)5-14-8-24(9-14)10-19(20(31)21(24)32)30-4-3-17-22(26)28-12-29-23(17)30/h1-4,6-7,11-12,14,19-21,31-32H,5,8-10H2,(H2,26,28,29)/t14-,19-,20+,21+,24+/m1/s1. The van der Waals surface area contributed by atoms with E-state index in [-0.39, 0.29) is 11.5 Å². The van der Waals surface area contributed by atoms with Crippen molar-refractivity contribution in [2.45, 2.75) is 43.9 Å². The molecule has 0 unspecified atom stereocenters. The van der Waals surface area contributed by atoms with Crippen LogP contribution in [0.4, 0.5) is 5.82 Å². The molecule has 0 amide bonds. The van der Waals surface area contributed by atoms with Gasteiger partial charge in [-0.2, -0.15) is 0 Å². The van der Waals surface area contributed by atoms with Crippen molar-refractivity contribution in [2.75, 3.05) is 5.73 Å². The molecule has 0 saturated heterocycles. The zero-order valence-corrected chi connectivity index (χ0v) is 18.2. The number of aliphatic hydroxyl groups excluding tert-OH is 2. The molecule has 6 rings (SSSR count). The molecule has 8 heteroatoms. The summed E-state index contributed by atoms with van der Waals surface area (Å²) in [6, 6.07) is 9.88. The third-order valence-electron chi connectivity index (χ3n) is 7.49. The summed E-state index contributed by atoms with van der Waals surface area (Å²) in [5.41, 5.74) is 8.59. The number of hydrogen-bond acceptors (Lipinski definition) is 6.